The van der Waals surface area contributed by atoms with E-state index < -0.39 is 0 Å². The molecule has 1 atom stereocenters. The Morgan fingerprint density at radius 1 is 1.57 bits per heavy atom. The van der Waals surface area contributed by atoms with Crippen molar-refractivity contribution in [1.82, 2.24) is 14.9 Å². The highest BCUT2D eigenvalue weighted by molar-refractivity contribution is 7.14. The van der Waals surface area contributed by atoms with Gasteiger partial charge in [-0.3, -0.25) is 9.78 Å². The molecule has 1 N–H and O–H groups in total. The number of nitrogens with one attached hydrogen (secondary N) is 1. The number of aromatic nitrogens is 2. The van der Waals surface area contributed by atoms with E-state index in [-0.39, 0.29) is 5.91 Å². The summed E-state index contributed by atoms with van der Waals surface area (Å²) in [5.41, 5.74) is 3.03. The predicted molar refractivity (Wildman–Crippen MR) is 90.1 cm³/mol. The molecule has 7 heteroatoms. The van der Waals surface area contributed by atoms with Crippen molar-refractivity contribution in [2.45, 2.75) is 13.3 Å². The van der Waals surface area contributed by atoms with Gasteiger partial charge in [0.2, 0.25) is 0 Å². The summed E-state index contributed by atoms with van der Waals surface area (Å²) in [6.45, 7) is 4.93. The zero-order valence-corrected chi connectivity index (χ0v) is 13.9. The first-order chi connectivity index (χ1) is 11.3. The molecule has 2 aromatic rings. The number of pyridine rings is 1. The maximum Gasteiger partial charge on any atom is 0.275 e. The smallest absolute Gasteiger partial charge is 0.275 e. The van der Waals surface area contributed by atoms with Crippen LogP contribution in [0.15, 0.2) is 30.0 Å². The van der Waals surface area contributed by atoms with E-state index in [4.69, 9.17) is 4.74 Å². The number of likely N-dealkylation sites (tertiary alicyclic amines) is 1. The van der Waals surface area contributed by atoms with E-state index in [0.717, 1.165) is 43.4 Å². The number of nitrogens with zero attached hydrogens (tertiary/aromatic N) is 3. The lowest BCUT2D eigenvalue weighted by atomic mass is 10.1. The number of ether oxygens (including phenoxy) is 1. The van der Waals surface area contributed by atoms with Crippen LogP contribution < -0.4 is 5.32 Å². The van der Waals surface area contributed by atoms with Gasteiger partial charge in [0.05, 0.1) is 24.0 Å². The summed E-state index contributed by atoms with van der Waals surface area (Å²) in [4.78, 5) is 22.9. The molecule has 0 spiro atoms. The zero-order chi connectivity index (χ0) is 16.1. The lowest BCUT2D eigenvalue weighted by Crippen LogP contribution is -2.30. The van der Waals surface area contributed by atoms with Gasteiger partial charge in [0.25, 0.3) is 5.91 Å². The number of carbonyl (C=O) groups is 1. The average Bonchev–Trinajstić information content (AvgIpc) is 3.22. The third-order valence-electron chi connectivity index (χ3n) is 3.82. The number of rotatable bonds is 6. The van der Waals surface area contributed by atoms with E-state index in [1.807, 2.05) is 24.0 Å². The maximum atomic E-state index is 12.7. The number of carbonyl (C=O) groups excluding carboxylic acids is 1. The quantitative estimate of drug-likeness (QED) is 0.881. The summed E-state index contributed by atoms with van der Waals surface area (Å²) >= 11 is 1.42. The topological polar surface area (TPSA) is 67.3 Å². The van der Waals surface area contributed by atoms with Crippen LogP contribution >= 0.6 is 11.3 Å². The number of thiazole rings is 1. The second kappa shape index (κ2) is 7.52. The van der Waals surface area contributed by atoms with Crippen LogP contribution in [0.2, 0.25) is 0 Å². The van der Waals surface area contributed by atoms with Gasteiger partial charge in [-0.15, -0.1) is 11.3 Å². The normalized spacial score (nSPS) is 17.4. The summed E-state index contributed by atoms with van der Waals surface area (Å²) in [6, 6.07) is 3.76. The number of hydrogen-bond acceptors (Lipinski definition) is 6. The second-order valence-corrected chi connectivity index (χ2v) is 6.32. The molecule has 0 aliphatic carbocycles. The fourth-order valence-corrected chi connectivity index (χ4v) is 3.33. The molecule has 3 heterocycles. The van der Waals surface area contributed by atoms with Crippen LogP contribution in [0.25, 0.3) is 0 Å². The van der Waals surface area contributed by atoms with Crippen LogP contribution in [-0.4, -0.2) is 47.1 Å². The minimum Gasteiger partial charge on any atom is -0.381 e. The molecule has 0 aromatic carbocycles. The fourth-order valence-electron chi connectivity index (χ4n) is 2.64. The molecule has 1 aliphatic heterocycles. The van der Waals surface area contributed by atoms with Gasteiger partial charge in [0.15, 0.2) is 5.69 Å². The van der Waals surface area contributed by atoms with Crippen LogP contribution in [0.4, 0.5) is 10.7 Å². The monoisotopic (exact) mass is 332 g/mol. The van der Waals surface area contributed by atoms with E-state index >= 15 is 0 Å². The van der Waals surface area contributed by atoms with Crippen molar-refractivity contribution in [2.75, 3.05) is 31.6 Å². The Hall–Kier alpha value is -1.99. The Balaban J connectivity index is 1.66. The lowest BCUT2D eigenvalue weighted by molar-refractivity contribution is 0.0759. The highest BCUT2D eigenvalue weighted by Gasteiger charge is 2.29. The van der Waals surface area contributed by atoms with Gasteiger partial charge in [-0.2, -0.15) is 0 Å². The molecule has 23 heavy (non-hydrogen) atoms. The minimum atomic E-state index is -0.0170. The minimum absolute atomic E-state index is 0.0170. The van der Waals surface area contributed by atoms with Crippen molar-refractivity contribution in [3.05, 3.63) is 35.7 Å². The molecule has 0 radical (unpaired) electrons. The van der Waals surface area contributed by atoms with Crippen molar-refractivity contribution in [1.29, 1.82) is 0 Å². The largest absolute Gasteiger partial charge is 0.381 e. The van der Waals surface area contributed by atoms with E-state index in [2.05, 4.69) is 15.3 Å². The van der Waals surface area contributed by atoms with Gasteiger partial charge in [-0.1, -0.05) is 0 Å². The van der Waals surface area contributed by atoms with E-state index in [0.29, 0.717) is 11.6 Å². The number of hydrogen-bond donors (Lipinski definition) is 1. The lowest BCUT2D eigenvalue weighted by Gasteiger charge is -2.16. The molecule has 1 fully saturated rings. The molecule has 6 nitrogen and oxygen atoms in total. The Morgan fingerprint density at radius 2 is 2.48 bits per heavy atom. The van der Waals surface area contributed by atoms with Gasteiger partial charge in [0, 0.05) is 31.8 Å². The second-order valence-electron chi connectivity index (χ2n) is 5.46. The van der Waals surface area contributed by atoms with Crippen LogP contribution in [0, 0.1) is 5.92 Å². The molecule has 2 aromatic heterocycles. The van der Waals surface area contributed by atoms with Crippen LogP contribution in [0.5, 0.6) is 0 Å². The fraction of sp³-hybridized carbons (Fsp3) is 0.438. The van der Waals surface area contributed by atoms with Crippen molar-refractivity contribution < 1.29 is 9.53 Å². The van der Waals surface area contributed by atoms with Crippen LogP contribution in [-0.2, 0) is 4.74 Å². The standard InChI is InChI=1S/C16H20N4O2S/c1-2-22-10-12-5-7-20(9-12)16(21)14-15(23-11-18-14)19-13-4-3-6-17-8-13/h3-4,6,8,11-12,19H,2,5,7,9-10H2,1H3. The molecule has 3 rings (SSSR count). The molecule has 0 saturated carbocycles. The molecule has 122 valence electrons. The molecular weight excluding hydrogens is 312 g/mol. The highest BCUT2D eigenvalue weighted by Crippen LogP contribution is 2.27. The van der Waals surface area contributed by atoms with Crippen molar-refractivity contribution in [3.63, 3.8) is 0 Å². The molecule has 1 saturated heterocycles. The SMILES string of the molecule is CCOCC1CCN(C(=O)c2ncsc2Nc2cccnc2)C1. The summed E-state index contributed by atoms with van der Waals surface area (Å²) < 4.78 is 5.47. The molecule has 1 unspecified atom stereocenters. The maximum absolute atomic E-state index is 12.7. The van der Waals surface area contributed by atoms with Crippen molar-refractivity contribution in [2.24, 2.45) is 5.92 Å². The predicted octanol–water partition coefficient (Wildman–Crippen LogP) is 2.78. The van der Waals surface area contributed by atoms with Gasteiger partial charge < -0.3 is 15.0 Å². The third kappa shape index (κ3) is 3.86. The summed E-state index contributed by atoms with van der Waals surface area (Å²) in [5, 5.41) is 3.98. The first kappa shape index (κ1) is 15.9. The number of anilines is 2. The first-order valence-electron chi connectivity index (χ1n) is 7.75. The summed E-state index contributed by atoms with van der Waals surface area (Å²) in [5.74, 6) is 0.406. The molecule has 1 aliphatic rings. The average molecular weight is 332 g/mol. The van der Waals surface area contributed by atoms with Gasteiger partial charge in [-0.05, 0) is 25.5 Å². The van der Waals surface area contributed by atoms with Crippen LogP contribution in [0.1, 0.15) is 23.8 Å². The zero-order valence-electron chi connectivity index (χ0n) is 13.1. The van der Waals surface area contributed by atoms with Crippen molar-refractivity contribution >= 4 is 27.9 Å². The van der Waals surface area contributed by atoms with E-state index in [1.165, 1.54) is 11.3 Å². The first-order valence-corrected chi connectivity index (χ1v) is 8.63. The Morgan fingerprint density at radius 3 is 3.26 bits per heavy atom. The van der Waals surface area contributed by atoms with Gasteiger partial charge in [-0.25, -0.2) is 4.98 Å². The van der Waals surface area contributed by atoms with E-state index in [1.54, 1.807) is 17.9 Å². The van der Waals surface area contributed by atoms with Crippen molar-refractivity contribution in [3.8, 4) is 0 Å². The Bertz CT molecular complexity index is 647. The number of amides is 1. The Kier molecular flexibility index (Phi) is 5.19. The van der Waals surface area contributed by atoms with Gasteiger partial charge >= 0.3 is 0 Å². The van der Waals surface area contributed by atoms with E-state index in [9.17, 15) is 4.79 Å². The summed E-state index contributed by atoms with van der Waals surface area (Å²) in [6.07, 6.45) is 4.43. The Labute approximate surface area is 139 Å². The molecule has 0 bridgehead atoms. The summed E-state index contributed by atoms with van der Waals surface area (Å²) in [7, 11) is 0. The third-order valence-corrected chi connectivity index (χ3v) is 4.56. The molecular formula is C16H20N4O2S. The highest BCUT2D eigenvalue weighted by atomic mass is 32.1. The van der Waals surface area contributed by atoms with Gasteiger partial charge in [0.1, 0.15) is 5.00 Å². The molecule has 1 amide bonds. The van der Waals surface area contributed by atoms with Crippen LogP contribution in [0.3, 0.4) is 0 Å².